The van der Waals surface area contributed by atoms with E-state index in [0.717, 1.165) is 29.2 Å². The number of nitrogens with one attached hydrogen (secondary N) is 1. The Hall–Kier alpha value is -2.63. The minimum Gasteiger partial charge on any atom is -0.326 e. The maximum atomic E-state index is 12.1. The second-order valence-corrected chi connectivity index (χ2v) is 5.63. The van der Waals surface area contributed by atoms with E-state index in [1.807, 2.05) is 32.0 Å². The number of imidazole rings is 1. The number of benzene rings is 1. The van der Waals surface area contributed by atoms with Crippen molar-refractivity contribution in [3.05, 3.63) is 42.0 Å². The average Bonchev–Trinajstić information content (AvgIpc) is 2.92. The fourth-order valence-corrected chi connectivity index (χ4v) is 2.91. The smallest absolute Gasteiger partial charge is 0.244 e. The molecule has 0 saturated heterocycles. The van der Waals surface area contributed by atoms with Gasteiger partial charge in [0.05, 0.1) is 0 Å². The first-order valence-electron chi connectivity index (χ1n) is 7.79. The lowest BCUT2D eigenvalue weighted by atomic mass is 10.0. The van der Waals surface area contributed by atoms with E-state index in [1.165, 1.54) is 0 Å². The Labute approximate surface area is 135 Å². The lowest BCUT2D eigenvalue weighted by Crippen LogP contribution is -2.34. The van der Waals surface area contributed by atoms with Crippen molar-refractivity contribution in [2.75, 3.05) is 16.8 Å². The molecule has 0 radical (unpaired) electrons. The van der Waals surface area contributed by atoms with E-state index >= 15 is 0 Å². The van der Waals surface area contributed by atoms with Gasteiger partial charge < -0.3 is 14.8 Å². The Balaban J connectivity index is 1.73. The van der Waals surface area contributed by atoms with Crippen molar-refractivity contribution in [2.45, 2.75) is 33.2 Å². The van der Waals surface area contributed by atoms with Crippen LogP contribution < -0.4 is 10.2 Å². The number of anilines is 2. The normalized spacial score (nSPS) is 13.8. The minimum absolute atomic E-state index is 0.0923. The molecule has 120 valence electrons. The van der Waals surface area contributed by atoms with Gasteiger partial charge in [-0.2, -0.15) is 0 Å². The number of fused-ring (bicyclic) bond motifs is 1. The third kappa shape index (κ3) is 3.11. The molecule has 1 aromatic carbocycles. The maximum absolute atomic E-state index is 12.1. The number of hydrogen-bond donors (Lipinski definition) is 1. The molecular weight excluding hydrogens is 292 g/mol. The number of amides is 2. The molecule has 0 atom stereocenters. The molecule has 1 aliphatic rings. The summed E-state index contributed by atoms with van der Waals surface area (Å²) >= 11 is 0. The van der Waals surface area contributed by atoms with Crippen LogP contribution in [0.5, 0.6) is 0 Å². The van der Waals surface area contributed by atoms with Crippen LogP contribution in [-0.2, 0) is 22.6 Å². The number of aryl methyl sites for hydroxylation is 2. The number of aromatic nitrogens is 2. The zero-order valence-corrected chi connectivity index (χ0v) is 13.4. The molecule has 2 amide bonds. The molecule has 2 heterocycles. The predicted molar refractivity (Wildman–Crippen MR) is 88.4 cm³/mol. The number of hydrogen-bond acceptors (Lipinski definition) is 3. The molecule has 0 aliphatic carbocycles. The van der Waals surface area contributed by atoms with Gasteiger partial charge in [0, 0.05) is 36.7 Å². The molecule has 1 aliphatic heterocycles. The molecule has 0 spiro atoms. The standard InChI is InChI=1S/C17H20N4O2/c1-3-21-15-6-5-14(10-13(15)4-7-17(21)23)19-16(22)11-20-9-8-18-12(20)2/h5-6,8-10H,3-4,7,11H2,1-2H3,(H,19,22). The molecule has 6 nitrogen and oxygen atoms in total. The van der Waals surface area contributed by atoms with Crippen LogP contribution in [0.2, 0.25) is 0 Å². The lowest BCUT2D eigenvalue weighted by molar-refractivity contribution is -0.119. The SMILES string of the molecule is CCN1C(=O)CCc2cc(NC(=O)Cn3ccnc3C)ccc21. The van der Waals surface area contributed by atoms with Gasteiger partial charge in [0.2, 0.25) is 11.8 Å². The van der Waals surface area contributed by atoms with Gasteiger partial charge in [-0.15, -0.1) is 0 Å². The molecule has 1 N–H and O–H groups in total. The van der Waals surface area contributed by atoms with E-state index < -0.39 is 0 Å². The highest BCUT2D eigenvalue weighted by Crippen LogP contribution is 2.30. The van der Waals surface area contributed by atoms with Gasteiger partial charge in [-0.3, -0.25) is 9.59 Å². The number of rotatable bonds is 4. The van der Waals surface area contributed by atoms with Gasteiger partial charge in [-0.25, -0.2) is 4.98 Å². The summed E-state index contributed by atoms with van der Waals surface area (Å²) in [6, 6.07) is 5.72. The van der Waals surface area contributed by atoms with Crippen LogP contribution in [0.15, 0.2) is 30.6 Å². The topological polar surface area (TPSA) is 67.2 Å². The van der Waals surface area contributed by atoms with Crippen LogP contribution in [0.3, 0.4) is 0 Å². The van der Waals surface area contributed by atoms with Crippen molar-refractivity contribution in [2.24, 2.45) is 0 Å². The second-order valence-electron chi connectivity index (χ2n) is 5.63. The molecule has 0 bridgehead atoms. The van der Waals surface area contributed by atoms with Gasteiger partial charge >= 0.3 is 0 Å². The Morgan fingerprint density at radius 1 is 1.35 bits per heavy atom. The maximum Gasteiger partial charge on any atom is 0.244 e. The zero-order valence-electron chi connectivity index (χ0n) is 13.4. The van der Waals surface area contributed by atoms with Gasteiger partial charge in [-0.1, -0.05) is 0 Å². The van der Waals surface area contributed by atoms with Crippen molar-refractivity contribution in [3.8, 4) is 0 Å². The highest BCUT2D eigenvalue weighted by molar-refractivity contribution is 5.97. The second kappa shape index (κ2) is 6.24. The summed E-state index contributed by atoms with van der Waals surface area (Å²) in [5, 5.41) is 2.91. The first-order valence-corrected chi connectivity index (χ1v) is 7.79. The Morgan fingerprint density at radius 3 is 2.87 bits per heavy atom. The van der Waals surface area contributed by atoms with Crippen LogP contribution in [0.1, 0.15) is 24.7 Å². The Kier molecular flexibility index (Phi) is 4.14. The summed E-state index contributed by atoms with van der Waals surface area (Å²) in [6.07, 6.45) is 4.70. The van der Waals surface area contributed by atoms with Crippen molar-refractivity contribution in [3.63, 3.8) is 0 Å². The highest BCUT2D eigenvalue weighted by Gasteiger charge is 2.22. The predicted octanol–water partition coefficient (Wildman–Crippen LogP) is 2.13. The summed E-state index contributed by atoms with van der Waals surface area (Å²) in [5.74, 6) is 0.875. The largest absolute Gasteiger partial charge is 0.326 e. The average molecular weight is 312 g/mol. The molecule has 1 aromatic heterocycles. The molecule has 2 aromatic rings. The van der Waals surface area contributed by atoms with Gasteiger partial charge in [0.1, 0.15) is 12.4 Å². The van der Waals surface area contributed by atoms with Crippen LogP contribution in [0.4, 0.5) is 11.4 Å². The summed E-state index contributed by atoms with van der Waals surface area (Å²) in [6.45, 7) is 4.73. The van der Waals surface area contributed by atoms with E-state index in [2.05, 4.69) is 10.3 Å². The lowest BCUT2D eigenvalue weighted by Gasteiger charge is -2.28. The van der Waals surface area contributed by atoms with E-state index in [9.17, 15) is 9.59 Å². The third-order valence-electron chi connectivity index (χ3n) is 4.12. The van der Waals surface area contributed by atoms with Crippen molar-refractivity contribution < 1.29 is 9.59 Å². The van der Waals surface area contributed by atoms with Crippen LogP contribution in [-0.4, -0.2) is 27.9 Å². The van der Waals surface area contributed by atoms with Crippen LogP contribution in [0, 0.1) is 6.92 Å². The molecule has 0 unspecified atom stereocenters. The van der Waals surface area contributed by atoms with E-state index in [-0.39, 0.29) is 18.4 Å². The quantitative estimate of drug-likeness (QED) is 0.940. The van der Waals surface area contributed by atoms with E-state index in [4.69, 9.17) is 0 Å². The Morgan fingerprint density at radius 2 is 2.17 bits per heavy atom. The van der Waals surface area contributed by atoms with E-state index in [0.29, 0.717) is 13.0 Å². The monoisotopic (exact) mass is 312 g/mol. The third-order valence-corrected chi connectivity index (χ3v) is 4.12. The molecule has 0 fully saturated rings. The highest BCUT2D eigenvalue weighted by atomic mass is 16.2. The summed E-state index contributed by atoms with van der Waals surface area (Å²) < 4.78 is 1.80. The number of carbonyl (C=O) groups is 2. The van der Waals surface area contributed by atoms with Gasteiger partial charge in [-0.05, 0) is 44.0 Å². The molecule has 0 saturated carbocycles. The Bertz CT molecular complexity index is 751. The molecule has 23 heavy (non-hydrogen) atoms. The fourth-order valence-electron chi connectivity index (χ4n) is 2.91. The van der Waals surface area contributed by atoms with Crippen molar-refractivity contribution >= 4 is 23.2 Å². The van der Waals surface area contributed by atoms with Gasteiger partial charge in [0.15, 0.2) is 0 Å². The number of carbonyl (C=O) groups excluding carboxylic acids is 2. The summed E-state index contributed by atoms with van der Waals surface area (Å²) in [4.78, 5) is 30.0. The summed E-state index contributed by atoms with van der Waals surface area (Å²) in [5.41, 5.74) is 2.81. The first-order chi connectivity index (χ1) is 11.1. The molecule has 6 heteroatoms. The van der Waals surface area contributed by atoms with Gasteiger partial charge in [0.25, 0.3) is 0 Å². The zero-order chi connectivity index (χ0) is 16.4. The van der Waals surface area contributed by atoms with Crippen molar-refractivity contribution in [1.82, 2.24) is 9.55 Å². The number of nitrogens with zero attached hydrogens (tertiary/aromatic N) is 3. The summed E-state index contributed by atoms with van der Waals surface area (Å²) in [7, 11) is 0. The molecular formula is C17H20N4O2. The fraction of sp³-hybridized carbons (Fsp3) is 0.353. The first kappa shape index (κ1) is 15.3. The van der Waals surface area contributed by atoms with E-state index in [1.54, 1.807) is 21.9 Å². The van der Waals surface area contributed by atoms with Crippen molar-refractivity contribution in [1.29, 1.82) is 0 Å². The molecule has 3 rings (SSSR count). The minimum atomic E-state index is -0.0923. The van der Waals surface area contributed by atoms with Crippen LogP contribution >= 0.6 is 0 Å². The van der Waals surface area contributed by atoms with Crippen LogP contribution in [0.25, 0.3) is 0 Å².